The SMILES string of the molecule is O=C(O)C1CNC(c2cc3ccc(F)cc3[nH]2)CC1O. The number of hydrogen-bond donors (Lipinski definition) is 4. The predicted octanol–water partition coefficient (Wildman–Crippen LogP) is 1.40. The summed E-state index contributed by atoms with van der Waals surface area (Å²) in [5, 5.41) is 22.9. The van der Waals surface area contributed by atoms with Gasteiger partial charge >= 0.3 is 5.97 Å². The quantitative estimate of drug-likeness (QED) is 0.669. The van der Waals surface area contributed by atoms with Crippen LogP contribution < -0.4 is 5.32 Å². The van der Waals surface area contributed by atoms with Crippen molar-refractivity contribution in [3.05, 3.63) is 35.8 Å². The number of aliphatic hydroxyl groups excluding tert-OH is 1. The van der Waals surface area contributed by atoms with E-state index < -0.39 is 18.0 Å². The number of aromatic amines is 1. The number of hydrogen-bond acceptors (Lipinski definition) is 3. The Hall–Kier alpha value is -1.92. The van der Waals surface area contributed by atoms with Crippen molar-refractivity contribution in [2.24, 2.45) is 5.92 Å². The molecule has 1 aliphatic heterocycles. The third-order valence-electron chi connectivity index (χ3n) is 3.82. The highest BCUT2D eigenvalue weighted by molar-refractivity contribution is 5.80. The lowest BCUT2D eigenvalue weighted by Crippen LogP contribution is -2.45. The molecule has 1 aromatic heterocycles. The van der Waals surface area contributed by atoms with E-state index in [0.29, 0.717) is 11.9 Å². The van der Waals surface area contributed by atoms with Gasteiger partial charge < -0.3 is 20.5 Å². The van der Waals surface area contributed by atoms with Crippen LogP contribution in [-0.4, -0.2) is 33.8 Å². The number of carboxylic acids is 1. The Morgan fingerprint density at radius 1 is 1.35 bits per heavy atom. The summed E-state index contributed by atoms with van der Waals surface area (Å²) in [4.78, 5) is 14.0. The van der Waals surface area contributed by atoms with Crippen molar-refractivity contribution in [1.82, 2.24) is 10.3 Å². The predicted molar refractivity (Wildman–Crippen MR) is 70.8 cm³/mol. The van der Waals surface area contributed by atoms with E-state index in [9.17, 15) is 14.3 Å². The average molecular weight is 278 g/mol. The molecule has 0 spiro atoms. The molecule has 2 aromatic rings. The average Bonchev–Trinajstić information content (AvgIpc) is 2.81. The number of piperidine rings is 1. The lowest BCUT2D eigenvalue weighted by Gasteiger charge is -2.31. The van der Waals surface area contributed by atoms with Crippen molar-refractivity contribution < 1.29 is 19.4 Å². The van der Waals surface area contributed by atoms with Gasteiger partial charge in [-0.15, -0.1) is 0 Å². The number of rotatable bonds is 2. The first-order valence-corrected chi connectivity index (χ1v) is 6.47. The van der Waals surface area contributed by atoms with Gasteiger partial charge in [0.25, 0.3) is 0 Å². The molecular formula is C14H15FN2O3. The minimum atomic E-state index is -0.998. The van der Waals surface area contributed by atoms with Crippen LogP contribution in [0.5, 0.6) is 0 Å². The summed E-state index contributed by atoms with van der Waals surface area (Å²) in [6.45, 7) is 0.213. The molecule has 0 amide bonds. The molecule has 0 aliphatic carbocycles. The number of nitrogens with one attached hydrogen (secondary N) is 2. The van der Waals surface area contributed by atoms with Crippen LogP contribution in [0, 0.1) is 11.7 Å². The summed E-state index contributed by atoms with van der Waals surface area (Å²) < 4.78 is 13.1. The number of H-pyrrole nitrogens is 1. The summed E-state index contributed by atoms with van der Waals surface area (Å²) in [6.07, 6.45) is -0.575. The highest BCUT2D eigenvalue weighted by Crippen LogP contribution is 2.28. The van der Waals surface area contributed by atoms with Gasteiger partial charge in [0, 0.05) is 23.8 Å². The number of benzene rings is 1. The van der Waals surface area contributed by atoms with Crippen molar-refractivity contribution in [1.29, 1.82) is 0 Å². The first-order chi connectivity index (χ1) is 9.54. The van der Waals surface area contributed by atoms with Gasteiger partial charge in [0.2, 0.25) is 0 Å². The molecule has 5 nitrogen and oxygen atoms in total. The topological polar surface area (TPSA) is 85.4 Å². The number of carbonyl (C=O) groups is 1. The van der Waals surface area contributed by atoms with E-state index in [2.05, 4.69) is 10.3 Å². The first kappa shape index (κ1) is 13.1. The highest BCUT2D eigenvalue weighted by atomic mass is 19.1. The third-order valence-corrected chi connectivity index (χ3v) is 3.82. The monoisotopic (exact) mass is 278 g/mol. The van der Waals surface area contributed by atoms with Crippen molar-refractivity contribution >= 4 is 16.9 Å². The number of aliphatic hydroxyl groups is 1. The normalized spacial score (nSPS) is 26.8. The van der Waals surface area contributed by atoms with Crippen molar-refractivity contribution in [3.63, 3.8) is 0 Å². The Kier molecular flexibility index (Phi) is 3.19. The Bertz CT molecular complexity index is 655. The number of aromatic nitrogens is 1. The molecule has 3 atom stereocenters. The van der Waals surface area contributed by atoms with Crippen molar-refractivity contribution in [2.75, 3.05) is 6.54 Å². The van der Waals surface area contributed by atoms with Gasteiger partial charge in [-0.05, 0) is 36.1 Å². The summed E-state index contributed by atoms with van der Waals surface area (Å²) in [7, 11) is 0. The Balaban J connectivity index is 1.83. The summed E-state index contributed by atoms with van der Waals surface area (Å²) >= 11 is 0. The van der Waals surface area contributed by atoms with E-state index in [1.54, 1.807) is 6.07 Å². The van der Waals surface area contributed by atoms with Crippen molar-refractivity contribution in [3.8, 4) is 0 Å². The van der Waals surface area contributed by atoms with E-state index in [0.717, 1.165) is 11.1 Å². The second kappa shape index (κ2) is 4.88. The van der Waals surface area contributed by atoms with E-state index in [1.807, 2.05) is 6.07 Å². The molecule has 2 heterocycles. The zero-order chi connectivity index (χ0) is 14.3. The molecule has 3 unspecified atom stereocenters. The van der Waals surface area contributed by atoms with Gasteiger partial charge in [-0.2, -0.15) is 0 Å². The molecule has 106 valence electrons. The standard InChI is InChI=1S/C14H15FN2O3/c15-8-2-1-7-3-12(17-10(7)4-8)11-5-13(18)9(6-16-11)14(19)20/h1-4,9,11,13,16-18H,5-6H2,(H,19,20). The summed E-state index contributed by atoms with van der Waals surface area (Å²) in [6, 6.07) is 6.22. The van der Waals surface area contributed by atoms with Crippen molar-refractivity contribution in [2.45, 2.75) is 18.6 Å². The van der Waals surface area contributed by atoms with Gasteiger partial charge in [-0.3, -0.25) is 4.79 Å². The van der Waals surface area contributed by atoms with Crippen LogP contribution in [-0.2, 0) is 4.79 Å². The van der Waals surface area contributed by atoms with Crippen LogP contribution in [0.25, 0.3) is 10.9 Å². The molecule has 4 N–H and O–H groups in total. The lowest BCUT2D eigenvalue weighted by molar-refractivity contribution is -0.147. The van der Waals surface area contributed by atoms with Crippen LogP contribution in [0.15, 0.2) is 24.3 Å². The Morgan fingerprint density at radius 3 is 2.85 bits per heavy atom. The summed E-state index contributed by atoms with van der Waals surface area (Å²) in [5.74, 6) is -2.09. The van der Waals surface area contributed by atoms with Crippen LogP contribution in [0.3, 0.4) is 0 Å². The van der Waals surface area contributed by atoms with Crippen LogP contribution >= 0.6 is 0 Å². The van der Waals surface area contributed by atoms with Crippen LogP contribution in [0.4, 0.5) is 4.39 Å². The van der Waals surface area contributed by atoms with Gasteiger partial charge in [-0.1, -0.05) is 0 Å². The second-order valence-corrected chi connectivity index (χ2v) is 5.16. The molecule has 1 aliphatic rings. The van der Waals surface area contributed by atoms with Gasteiger partial charge in [-0.25, -0.2) is 4.39 Å². The fraction of sp³-hybridized carbons (Fsp3) is 0.357. The van der Waals surface area contributed by atoms with Crippen LogP contribution in [0.2, 0.25) is 0 Å². The smallest absolute Gasteiger partial charge is 0.310 e. The Morgan fingerprint density at radius 2 is 2.15 bits per heavy atom. The molecule has 3 rings (SSSR count). The number of halogens is 1. The van der Waals surface area contributed by atoms with Gasteiger partial charge in [0.15, 0.2) is 0 Å². The molecule has 1 saturated heterocycles. The molecule has 1 aromatic carbocycles. The van der Waals surface area contributed by atoms with E-state index in [1.165, 1.54) is 12.1 Å². The molecular weight excluding hydrogens is 263 g/mol. The zero-order valence-electron chi connectivity index (χ0n) is 10.6. The molecule has 1 fully saturated rings. The van der Waals surface area contributed by atoms with E-state index in [-0.39, 0.29) is 18.4 Å². The maximum absolute atomic E-state index is 13.1. The maximum atomic E-state index is 13.1. The maximum Gasteiger partial charge on any atom is 0.310 e. The van der Waals surface area contributed by atoms with Gasteiger partial charge in [0.05, 0.1) is 12.0 Å². The fourth-order valence-electron chi connectivity index (χ4n) is 2.69. The molecule has 0 radical (unpaired) electrons. The zero-order valence-corrected chi connectivity index (χ0v) is 10.6. The lowest BCUT2D eigenvalue weighted by atomic mass is 9.90. The van der Waals surface area contributed by atoms with E-state index >= 15 is 0 Å². The summed E-state index contributed by atoms with van der Waals surface area (Å²) in [5.41, 5.74) is 1.52. The molecule has 0 bridgehead atoms. The highest BCUT2D eigenvalue weighted by Gasteiger charge is 2.34. The van der Waals surface area contributed by atoms with Crippen LogP contribution in [0.1, 0.15) is 18.2 Å². The number of fused-ring (bicyclic) bond motifs is 1. The van der Waals surface area contributed by atoms with E-state index in [4.69, 9.17) is 5.11 Å². The fourth-order valence-corrected chi connectivity index (χ4v) is 2.69. The Labute approximate surface area is 114 Å². The largest absolute Gasteiger partial charge is 0.481 e. The minimum Gasteiger partial charge on any atom is -0.481 e. The second-order valence-electron chi connectivity index (χ2n) is 5.16. The molecule has 6 heteroatoms. The molecule has 20 heavy (non-hydrogen) atoms. The first-order valence-electron chi connectivity index (χ1n) is 6.47. The number of aliphatic carboxylic acids is 1. The van der Waals surface area contributed by atoms with Gasteiger partial charge in [0.1, 0.15) is 5.82 Å². The molecule has 0 saturated carbocycles. The number of carboxylic acid groups (broad SMARTS) is 1. The third kappa shape index (κ3) is 2.28. The minimum absolute atomic E-state index is 0.156.